The van der Waals surface area contributed by atoms with Gasteiger partial charge in [0.25, 0.3) is 0 Å². The number of aliphatic hydroxyl groups is 1. The van der Waals surface area contributed by atoms with Crippen LogP contribution in [0.3, 0.4) is 0 Å². The van der Waals surface area contributed by atoms with Crippen LogP contribution >= 0.6 is 0 Å². The molecule has 0 aliphatic heterocycles. The van der Waals surface area contributed by atoms with E-state index in [-0.39, 0.29) is 12.5 Å². The first-order chi connectivity index (χ1) is 7.01. The first kappa shape index (κ1) is 16.1. The molecule has 0 aliphatic rings. The molecule has 0 radical (unpaired) electrons. The fourth-order valence-corrected chi connectivity index (χ4v) is 0.870. The summed E-state index contributed by atoms with van der Waals surface area (Å²) in [5.41, 5.74) is 12.4. The molecule has 6 nitrogen and oxygen atoms in total. The lowest BCUT2D eigenvalue weighted by Gasteiger charge is -2.03. The topological polar surface area (TPSA) is 116 Å². The van der Waals surface area contributed by atoms with Gasteiger partial charge >= 0.3 is 0 Å². The second kappa shape index (κ2) is 10.7. The molecule has 0 aliphatic carbocycles. The van der Waals surface area contributed by atoms with Crippen LogP contribution in [0.2, 0.25) is 0 Å². The average molecular weight is 213 g/mol. The van der Waals surface area contributed by atoms with Gasteiger partial charge in [-0.05, 0) is 19.3 Å². The average Bonchev–Trinajstić information content (AvgIpc) is 2.20. The van der Waals surface area contributed by atoms with Gasteiger partial charge in [-0.15, -0.1) is 0 Å². The number of hydrogen-bond donors (Lipinski definition) is 3. The summed E-state index contributed by atoms with van der Waals surface area (Å²) < 4.78 is 0. The highest BCUT2D eigenvalue weighted by Gasteiger charge is 2.00. The van der Waals surface area contributed by atoms with Gasteiger partial charge in [0.15, 0.2) is 0 Å². The van der Waals surface area contributed by atoms with E-state index in [0.717, 1.165) is 6.42 Å². The smallest absolute Gasteiger partial charge is 0.203 e. The standard InChI is InChI=1S/C7H13N.C2H6N4O/c1-6(2)4-7(3)5-8;3-5-2(1-7)6-4/h6-7H,4H2,1-3H3;2-4,7H,1H2. The van der Waals surface area contributed by atoms with E-state index in [4.69, 9.17) is 21.4 Å². The van der Waals surface area contributed by atoms with Crippen LogP contribution in [0.15, 0.2) is 10.2 Å². The Kier molecular flexibility index (Phi) is 11.5. The van der Waals surface area contributed by atoms with E-state index in [1.807, 2.05) is 6.92 Å². The summed E-state index contributed by atoms with van der Waals surface area (Å²) in [5, 5.41) is 22.0. The van der Waals surface area contributed by atoms with Crippen LogP contribution in [-0.4, -0.2) is 17.9 Å². The maximum Gasteiger partial charge on any atom is 0.203 e. The van der Waals surface area contributed by atoms with Gasteiger partial charge in [-0.1, -0.05) is 13.8 Å². The molecule has 0 fully saturated rings. The maximum atomic E-state index is 8.33. The minimum atomic E-state index is -0.875. The lowest BCUT2D eigenvalue weighted by molar-refractivity contribution is 0.260. The summed E-state index contributed by atoms with van der Waals surface area (Å²) in [6.07, 6.45) is 0.149. The third kappa shape index (κ3) is 12.6. The summed E-state index contributed by atoms with van der Waals surface area (Å²) >= 11 is 0. The molecule has 0 heterocycles. The van der Waals surface area contributed by atoms with Crippen LogP contribution in [0.25, 0.3) is 0 Å². The van der Waals surface area contributed by atoms with E-state index in [1.54, 1.807) is 0 Å². The van der Waals surface area contributed by atoms with E-state index >= 15 is 0 Å². The van der Waals surface area contributed by atoms with Crippen molar-refractivity contribution in [3.63, 3.8) is 0 Å². The normalized spacial score (nSPS) is 13.1. The highest BCUT2D eigenvalue weighted by Crippen LogP contribution is 2.08. The van der Waals surface area contributed by atoms with Gasteiger partial charge in [0.1, 0.15) is 0 Å². The molecule has 0 aromatic rings. The molecule has 0 spiro atoms. The van der Waals surface area contributed by atoms with Gasteiger partial charge < -0.3 is 5.11 Å². The third-order valence-electron chi connectivity index (χ3n) is 1.51. The zero-order valence-electron chi connectivity index (χ0n) is 9.44. The number of nitrogens with one attached hydrogen (secondary N) is 2. The second-order valence-corrected chi connectivity index (χ2v) is 3.58. The Morgan fingerprint density at radius 2 is 1.73 bits per heavy atom. The molecule has 6 heteroatoms. The SMILES string of the molecule is CC(C)CC(C)C#N.N=NC(CO)N=N. The minimum Gasteiger partial charge on any atom is -0.392 e. The minimum absolute atomic E-state index is 0.231. The predicted molar refractivity (Wildman–Crippen MR) is 55.4 cm³/mol. The lowest BCUT2D eigenvalue weighted by atomic mass is 10.0. The Morgan fingerprint density at radius 3 is 1.80 bits per heavy atom. The van der Waals surface area contributed by atoms with Crippen molar-refractivity contribution in [2.75, 3.05) is 6.61 Å². The van der Waals surface area contributed by atoms with Crippen LogP contribution < -0.4 is 0 Å². The van der Waals surface area contributed by atoms with Crippen LogP contribution in [0.5, 0.6) is 0 Å². The molecule has 86 valence electrons. The Bertz CT molecular complexity index is 203. The fraction of sp³-hybridized carbons (Fsp3) is 0.889. The Hall–Kier alpha value is -1.35. The molecule has 0 bridgehead atoms. The summed E-state index contributed by atoms with van der Waals surface area (Å²) in [4.78, 5) is 0. The van der Waals surface area contributed by atoms with Crippen LogP contribution in [0.4, 0.5) is 0 Å². The van der Waals surface area contributed by atoms with Gasteiger partial charge in [0.05, 0.1) is 12.7 Å². The van der Waals surface area contributed by atoms with Gasteiger partial charge in [-0.2, -0.15) is 15.5 Å². The molecule has 0 amide bonds. The number of hydrogen-bond acceptors (Lipinski definition) is 6. The number of rotatable bonds is 5. The summed E-state index contributed by atoms with van der Waals surface area (Å²) in [5.74, 6) is 0.889. The van der Waals surface area contributed by atoms with Crippen molar-refractivity contribution in [3.8, 4) is 6.07 Å². The van der Waals surface area contributed by atoms with Crippen molar-refractivity contribution in [2.24, 2.45) is 22.1 Å². The number of nitrogens with zero attached hydrogens (tertiary/aromatic N) is 3. The Morgan fingerprint density at radius 1 is 1.27 bits per heavy atom. The van der Waals surface area contributed by atoms with Gasteiger partial charge in [0, 0.05) is 5.92 Å². The number of aliphatic hydroxyl groups excluding tert-OH is 1. The molecular formula is C9H19N5O. The van der Waals surface area contributed by atoms with Crippen molar-refractivity contribution < 1.29 is 5.11 Å². The predicted octanol–water partition coefficient (Wildman–Crippen LogP) is 2.56. The lowest BCUT2D eigenvalue weighted by Crippen LogP contribution is -2.02. The summed E-state index contributed by atoms with van der Waals surface area (Å²) in [6, 6.07) is 2.20. The van der Waals surface area contributed by atoms with E-state index < -0.39 is 6.17 Å². The van der Waals surface area contributed by atoms with Gasteiger partial charge in [-0.3, -0.25) is 0 Å². The molecule has 0 aromatic heterocycles. The molecule has 0 aromatic carbocycles. The molecule has 15 heavy (non-hydrogen) atoms. The van der Waals surface area contributed by atoms with E-state index in [1.165, 1.54) is 0 Å². The van der Waals surface area contributed by atoms with Crippen molar-refractivity contribution >= 4 is 0 Å². The Balaban J connectivity index is 0. The van der Waals surface area contributed by atoms with Crippen LogP contribution in [0, 0.1) is 34.2 Å². The second-order valence-electron chi connectivity index (χ2n) is 3.58. The largest absolute Gasteiger partial charge is 0.392 e. The summed E-state index contributed by atoms with van der Waals surface area (Å²) in [7, 11) is 0. The summed E-state index contributed by atoms with van der Waals surface area (Å²) in [6.45, 7) is 5.87. The molecular weight excluding hydrogens is 194 g/mol. The monoisotopic (exact) mass is 213 g/mol. The maximum absolute atomic E-state index is 8.33. The van der Waals surface area contributed by atoms with Crippen molar-refractivity contribution in [1.29, 1.82) is 16.3 Å². The molecule has 0 rings (SSSR count). The van der Waals surface area contributed by atoms with E-state index in [2.05, 4.69) is 30.1 Å². The first-order valence-electron chi connectivity index (χ1n) is 4.75. The fourth-order valence-electron chi connectivity index (χ4n) is 0.870. The van der Waals surface area contributed by atoms with Gasteiger partial charge in [0.2, 0.25) is 6.17 Å². The first-order valence-corrected chi connectivity index (χ1v) is 4.75. The molecule has 1 unspecified atom stereocenters. The number of nitriles is 1. The zero-order chi connectivity index (χ0) is 12.3. The molecule has 3 N–H and O–H groups in total. The van der Waals surface area contributed by atoms with Crippen LogP contribution in [-0.2, 0) is 0 Å². The van der Waals surface area contributed by atoms with Crippen molar-refractivity contribution in [1.82, 2.24) is 0 Å². The van der Waals surface area contributed by atoms with Gasteiger partial charge in [-0.25, -0.2) is 11.1 Å². The van der Waals surface area contributed by atoms with Crippen molar-refractivity contribution in [2.45, 2.75) is 33.4 Å². The highest BCUT2D eigenvalue weighted by molar-refractivity contribution is 4.78. The van der Waals surface area contributed by atoms with E-state index in [9.17, 15) is 0 Å². The van der Waals surface area contributed by atoms with Crippen molar-refractivity contribution in [3.05, 3.63) is 0 Å². The third-order valence-corrected chi connectivity index (χ3v) is 1.51. The highest BCUT2D eigenvalue weighted by atomic mass is 16.3. The molecule has 1 atom stereocenters. The molecule has 0 saturated heterocycles. The zero-order valence-corrected chi connectivity index (χ0v) is 9.44. The van der Waals surface area contributed by atoms with Crippen LogP contribution in [0.1, 0.15) is 27.2 Å². The molecule has 0 saturated carbocycles. The van der Waals surface area contributed by atoms with E-state index in [0.29, 0.717) is 5.92 Å². The Labute approximate surface area is 90.3 Å². The quantitative estimate of drug-likeness (QED) is 0.608.